The molecule has 0 aliphatic heterocycles. The molecule has 0 amide bonds. The minimum absolute atomic E-state index is 0. The van der Waals surface area contributed by atoms with Crippen LogP contribution in [0.1, 0.15) is 0 Å². The first-order valence-corrected chi connectivity index (χ1v) is 4.51. The van der Waals surface area contributed by atoms with Crippen molar-refractivity contribution < 1.29 is 18.9 Å². The van der Waals surface area contributed by atoms with Crippen molar-refractivity contribution in [1.82, 2.24) is 0 Å². The van der Waals surface area contributed by atoms with Gasteiger partial charge in [-0.15, -0.1) is 58.5 Å². The SMILES string of the molecule is Ic1c[c-]c2cccccc1-2.[Li+]. The molecule has 2 aliphatic carbocycles. The van der Waals surface area contributed by atoms with Gasteiger partial charge in [-0.3, -0.25) is 0 Å². The van der Waals surface area contributed by atoms with E-state index >= 15 is 0 Å². The fourth-order valence-corrected chi connectivity index (χ4v) is 1.73. The molecule has 2 rings (SSSR count). The van der Waals surface area contributed by atoms with Crippen LogP contribution in [0.2, 0.25) is 0 Å². The van der Waals surface area contributed by atoms with Crippen molar-refractivity contribution in [3.05, 3.63) is 46.0 Å². The molecular formula is C10H6ILi. The Morgan fingerprint density at radius 2 is 1.83 bits per heavy atom. The molecule has 0 saturated carbocycles. The van der Waals surface area contributed by atoms with Crippen molar-refractivity contribution >= 4 is 22.6 Å². The Morgan fingerprint density at radius 1 is 1.08 bits per heavy atom. The van der Waals surface area contributed by atoms with E-state index < -0.39 is 0 Å². The Balaban J connectivity index is 0.000000720. The Morgan fingerprint density at radius 3 is 2.67 bits per heavy atom. The van der Waals surface area contributed by atoms with Gasteiger partial charge in [-0.25, -0.2) is 0 Å². The zero-order chi connectivity index (χ0) is 7.68. The van der Waals surface area contributed by atoms with Crippen LogP contribution in [-0.2, 0) is 0 Å². The van der Waals surface area contributed by atoms with Crippen LogP contribution in [0.3, 0.4) is 0 Å². The van der Waals surface area contributed by atoms with Gasteiger partial charge in [-0.05, 0) is 0 Å². The molecule has 0 atom stereocenters. The average molecular weight is 260 g/mol. The van der Waals surface area contributed by atoms with E-state index in [2.05, 4.69) is 46.9 Å². The molecule has 0 spiro atoms. The monoisotopic (exact) mass is 260 g/mol. The summed E-state index contributed by atoms with van der Waals surface area (Å²) in [6, 6.07) is 15.5. The van der Waals surface area contributed by atoms with E-state index in [1.807, 2.05) is 18.2 Å². The van der Waals surface area contributed by atoms with Crippen LogP contribution in [0, 0.1) is 9.64 Å². The number of rotatable bonds is 0. The summed E-state index contributed by atoms with van der Waals surface area (Å²) in [5.74, 6) is 0. The molecule has 0 heterocycles. The minimum Gasteiger partial charge on any atom is -0.151 e. The first kappa shape index (κ1) is 10.1. The molecule has 0 unspecified atom stereocenters. The fraction of sp³-hybridized carbons (Fsp3) is 0. The van der Waals surface area contributed by atoms with Gasteiger partial charge in [-0.1, -0.05) is 15.7 Å². The molecule has 0 fully saturated rings. The number of halogens is 1. The summed E-state index contributed by atoms with van der Waals surface area (Å²) in [5, 5.41) is 0. The quantitative estimate of drug-likeness (QED) is 0.360. The third kappa shape index (κ3) is 1.85. The molecule has 2 aliphatic rings. The molecule has 0 radical (unpaired) electrons. The van der Waals surface area contributed by atoms with Gasteiger partial charge in [0, 0.05) is 0 Å². The molecule has 0 N–H and O–H groups in total. The second-order valence-corrected chi connectivity index (χ2v) is 3.54. The Bertz CT molecular complexity index is 346. The maximum atomic E-state index is 3.20. The van der Waals surface area contributed by atoms with E-state index in [-0.39, 0.29) is 18.9 Å². The first-order chi connectivity index (χ1) is 5.38. The van der Waals surface area contributed by atoms with Crippen molar-refractivity contribution in [2.24, 2.45) is 0 Å². The van der Waals surface area contributed by atoms with Gasteiger partial charge in [-0.2, -0.15) is 5.56 Å². The Hall–Kier alpha value is 0.0274. The molecule has 0 saturated heterocycles. The summed E-state index contributed by atoms with van der Waals surface area (Å²) in [5.41, 5.74) is 2.48. The van der Waals surface area contributed by atoms with Crippen molar-refractivity contribution in [2.45, 2.75) is 0 Å². The maximum absolute atomic E-state index is 3.20. The smallest absolute Gasteiger partial charge is 0.151 e. The largest absolute Gasteiger partial charge is 1.00 e. The van der Waals surface area contributed by atoms with Crippen LogP contribution in [0.15, 0.2) is 36.4 Å². The third-order valence-electron chi connectivity index (χ3n) is 1.65. The molecule has 0 bridgehead atoms. The molecule has 0 nitrogen and oxygen atoms in total. The van der Waals surface area contributed by atoms with Gasteiger partial charge < -0.3 is 0 Å². The second-order valence-electron chi connectivity index (χ2n) is 2.37. The molecule has 12 heavy (non-hydrogen) atoms. The van der Waals surface area contributed by atoms with E-state index in [1.165, 1.54) is 14.7 Å². The third-order valence-corrected chi connectivity index (χ3v) is 2.54. The van der Waals surface area contributed by atoms with Crippen LogP contribution in [0.5, 0.6) is 0 Å². The van der Waals surface area contributed by atoms with E-state index in [4.69, 9.17) is 0 Å². The van der Waals surface area contributed by atoms with E-state index in [0.29, 0.717) is 0 Å². The summed E-state index contributed by atoms with van der Waals surface area (Å²) in [7, 11) is 0. The topological polar surface area (TPSA) is 0 Å². The Labute approximate surface area is 98.0 Å². The predicted molar refractivity (Wildman–Crippen MR) is 54.6 cm³/mol. The summed E-state index contributed by atoms with van der Waals surface area (Å²) in [6.45, 7) is 0. The molecule has 0 aromatic heterocycles. The van der Waals surface area contributed by atoms with Gasteiger partial charge in [0.2, 0.25) is 0 Å². The average Bonchev–Trinajstić information content (AvgIpc) is 2.25. The predicted octanol–water partition coefficient (Wildman–Crippen LogP) is 0.200. The first-order valence-electron chi connectivity index (χ1n) is 3.43. The Kier molecular flexibility index (Phi) is 3.64. The fourth-order valence-electron chi connectivity index (χ4n) is 1.10. The van der Waals surface area contributed by atoms with Crippen LogP contribution in [-0.4, -0.2) is 0 Å². The number of hydrogen-bond acceptors (Lipinski definition) is 0. The summed E-state index contributed by atoms with van der Waals surface area (Å²) in [4.78, 5) is 0. The molecule has 0 aromatic carbocycles. The van der Waals surface area contributed by atoms with E-state index in [9.17, 15) is 0 Å². The summed E-state index contributed by atoms with van der Waals surface area (Å²) < 4.78 is 1.27. The van der Waals surface area contributed by atoms with Gasteiger partial charge in [0.25, 0.3) is 0 Å². The van der Waals surface area contributed by atoms with Crippen LogP contribution in [0.25, 0.3) is 11.1 Å². The number of fused-ring (bicyclic) bond motifs is 1. The van der Waals surface area contributed by atoms with Crippen molar-refractivity contribution in [2.75, 3.05) is 0 Å². The standard InChI is InChI=1S/C10H6I.Li/c11-10-7-6-8-4-2-1-3-5-9(8)10;/h1-5,7H;/q-1;+1. The van der Waals surface area contributed by atoms with Crippen molar-refractivity contribution in [3.63, 3.8) is 0 Å². The molecule has 0 aromatic rings. The zero-order valence-corrected chi connectivity index (χ0v) is 9.00. The van der Waals surface area contributed by atoms with Gasteiger partial charge in [0.05, 0.1) is 0 Å². The van der Waals surface area contributed by atoms with Crippen LogP contribution >= 0.6 is 22.6 Å². The van der Waals surface area contributed by atoms with Crippen molar-refractivity contribution in [1.29, 1.82) is 0 Å². The van der Waals surface area contributed by atoms with Crippen molar-refractivity contribution in [3.8, 4) is 11.1 Å². The molecular weight excluding hydrogens is 254 g/mol. The normalized spacial score (nSPS) is 9.42. The minimum atomic E-state index is 0. The molecule has 2 heteroatoms. The van der Waals surface area contributed by atoms with Gasteiger partial charge in [0.1, 0.15) is 0 Å². The van der Waals surface area contributed by atoms with Crippen LogP contribution < -0.4 is 18.9 Å². The summed E-state index contributed by atoms with van der Waals surface area (Å²) >= 11 is 2.33. The van der Waals surface area contributed by atoms with E-state index in [0.717, 1.165) is 0 Å². The summed E-state index contributed by atoms with van der Waals surface area (Å²) in [6.07, 6.45) is 0. The van der Waals surface area contributed by atoms with Crippen LogP contribution in [0.4, 0.5) is 0 Å². The van der Waals surface area contributed by atoms with E-state index in [1.54, 1.807) is 0 Å². The number of hydrogen-bond donors (Lipinski definition) is 0. The zero-order valence-electron chi connectivity index (χ0n) is 6.84. The molecule has 54 valence electrons. The maximum Gasteiger partial charge on any atom is 1.00 e. The second kappa shape index (κ2) is 4.32. The van der Waals surface area contributed by atoms with Gasteiger partial charge in [0.15, 0.2) is 0 Å². The van der Waals surface area contributed by atoms with Gasteiger partial charge >= 0.3 is 18.9 Å².